The van der Waals surface area contributed by atoms with Crippen molar-refractivity contribution in [2.24, 2.45) is 0 Å². The number of hydrogen-bond donors (Lipinski definition) is 0. The largest absolute Gasteiger partial charge is 0.573 e. The van der Waals surface area contributed by atoms with E-state index < -0.39 is 23.6 Å². The Hall–Kier alpha value is -3.76. The topological polar surface area (TPSA) is 84.6 Å². The van der Waals surface area contributed by atoms with E-state index in [1.165, 1.54) is 27.7 Å². The van der Waals surface area contributed by atoms with Crippen molar-refractivity contribution in [2.45, 2.75) is 53.1 Å². The zero-order valence-corrected chi connectivity index (χ0v) is 20.0. The molecule has 0 unspecified atom stereocenters. The van der Waals surface area contributed by atoms with Gasteiger partial charge in [-0.25, -0.2) is 18.8 Å². The number of esters is 1. The van der Waals surface area contributed by atoms with E-state index in [0.29, 0.717) is 11.4 Å². The van der Waals surface area contributed by atoms with E-state index in [4.69, 9.17) is 9.47 Å². The molecule has 1 aromatic heterocycles. The van der Waals surface area contributed by atoms with Gasteiger partial charge in [-0.3, -0.25) is 0 Å². The van der Waals surface area contributed by atoms with Gasteiger partial charge in [0.15, 0.2) is 5.60 Å². The molecule has 35 heavy (non-hydrogen) atoms. The molecule has 0 saturated carbocycles. The van der Waals surface area contributed by atoms with E-state index in [2.05, 4.69) is 9.84 Å². The molecule has 188 valence electrons. The van der Waals surface area contributed by atoms with Crippen molar-refractivity contribution in [3.05, 3.63) is 69.9 Å². The van der Waals surface area contributed by atoms with Crippen LogP contribution >= 0.6 is 0 Å². The van der Waals surface area contributed by atoms with Crippen LogP contribution in [0.5, 0.6) is 11.5 Å². The lowest BCUT2D eigenvalue weighted by atomic mass is 10.0. The molecule has 0 aliphatic rings. The monoisotopic (exact) mass is 493 g/mol. The highest BCUT2D eigenvalue weighted by Gasteiger charge is 2.33. The SMILES string of the molecule is CCOC(=O)C(C)(C)Oc1c(C)cc(Cn2ncn(-c3ccc(OC(F)(F)F)cc3)c2=O)cc1C. The number of ether oxygens (including phenoxy) is 3. The summed E-state index contributed by atoms with van der Waals surface area (Å²) in [5.74, 6) is -0.315. The summed E-state index contributed by atoms with van der Waals surface area (Å²) in [6.07, 6.45) is -3.50. The van der Waals surface area contributed by atoms with E-state index >= 15 is 0 Å². The van der Waals surface area contributed by atoms with Crippen molar-refractivity contribution in [3.8, 4) is 17.2 Å². The number of hydrogen-bond acceptors (Lipinski definition) is 6. The van der Waals surface area contributed by atoms with Crippen molar-refractivity contribution < 1.29 is 32.2 Å². The summed E-state index contributed by atoms with van der Waals surface area (Å²) in [4.78, 5) is 25.0. The third-order valence-electron chi connectivity index (χ3n) is 5.06. The molecule has 0 atom stereocenters. The van der Waals surface area contributed by atoms with Gasteiger partial charge in [0, 0.05) is 0 Å². The van der Waals surface area contributed by atoms with Crippen molar-refractivity contribution in [1.82, 2.24) is 14.3 Å². The number of carbonyl (C=O) groups excluding carboxylic acids is 1. The molecule has 0 saturated heterocycles. The predicted molar refractivity (Wildman–Crippen MR) is 121 cm³/mol. The normalized spacial score (nSPS) is 11.9. The second-order valence-electron chi connectivity index (χ2n) is 8.37. The summed E-state index contributed by atoms with van der Waals surface area (Å²) >= 11 is 0. The van der Waals surface area contributed by atoms with E-state index in [1.54, 1.807) is 20.8 Å². The Morgan fingerprint density at radius 2 is 1.63 bits per heavy atom. The third kappa shape index (κ3) is 6.23. The first-order valence-electron chi connectivity index (χ1n) is 10.8. The maximum absolute atomic E-state index is 12.8. The average molecular weight is 493 g/mol. The standard InChI is InChI=1S/C24H26F3N3O5/c1-6-33-21(31)23(4,5)35-20-15(2)11-17(12-16(20)3)13-30-22(32)29(14-28-30)18-7-9-19(10-8-18)34-24(25,26)27/h7-12,14H,6,13H2,1-5H3. The van der Waals surface area contributed by atoms with Crippen LogP contribution in [-0.4, -0.2) is 38.9 Å². The first-order chi connectivity index (χ1) is 16.3. The molecule has 0 aliphatic heterocycles. The molecule has 11 heteroatoms. The molecule has 0 amide bonds. The highest BCUT2D eigenvalue weighted by Crippen LogP contribution is 2.29. The summed E-state index contributed by atoms with van der Waals surface area (Å²) in [7, 11) is 0. The lowest BCUT2D eigenvalue weighted by Crippen LogP contribution is -2.40. The first-order valence-corrected chi connectivity index (χ1v) is 10.8. The van der Waals surface area contributed by atoms with Crippen molar-refractivity contribution in [2.75, 3.05) is 6.61 Å². The van der Waals surface area contributed by atoms with Gasteiger partial charge in [0.25, 0.3) is 0 Å². The Morgan fingerprint density at radius 1 is 1.03 bits per heavy atom. The van der Waals surface area contributed by atoms with Crippen LogP contribution in [0.25, 0.3) is 5.69 Å². The molecule has 1 heterocycles. The fraction of sp³-hybridized carbons (Fsp3) is 0.375. The van der Waals surface area contributed by atoms with Crippen LogP contribution in [0.15, 0.2) is 47.5 Å². The van der Waals surface area contributed by atoms with Gasteiger partial charge in [0.05, 0.1) is 18.8 Å². The lowest BCUT2D eigenvalue weighted by Gasteiger charge is -2.26. The minimum absolute atomic E-state index is 0.157. The number of halogens is 3. The average Bonchev–Trinajstić information content (AvgIpc) is 3.10. The molecule has 0 aliphatic carbocycles. The van der Waals surface area contributed by atoms with E-state index in [9.17, 15) is 22.8 Å². The predicted octanol–water partition coefficient (Wildman–Crippen LogP) is 4.32. The number of aromatic nitrogens is 3. The number of alkyl halides is 3. The summed E-state index contributed by atoms with van der Waals surface area (Å²) in [6, 6.07) is 8.57. The molecule has 0 bridgehead atoms. The fourth-order valence-electron chi connectivity index (χ4n) is 3.50. The van der Waals surface area contributed by atoms with Crippen LogP contribution < -0.4 is 15.2 Å². The first kappa shape index (κ1) is 25.9. The molecular weight excluding hydrogens is 467 g/mol. The smallest absolute Gasteiger partial charge is 0.476 e. The summed E-state index contributed by atoms with van der Waals surface area (Å²) in [5.41, 5.74) is 1.02. The molecule has 3 aromatic rings. The van der Waals surface area contributed by atoms with E-state index in [-0.39, 0.29) is 18.9 Å². The molecule has 8 nitrogen and oxygen atoms in total. The fourth-order valence-corrected chi connectivity index (χ4v) is 3.50. The Morgan fingerprint density at radius 3 is 2.17 bits per heavy atom. The highest BCUT2D eigenvalue weighted by molar-refractivity contribution is 5.79. The molecule has 3 rings (SSSR count). The Balaban J connectivity index is 1.79. The van der Waals surface area contributed by atoms with Crippen molar-refractivity contribution >= 4 is 5.97 Å². The molecule has 2 aromatic carbocycles. The van der Waals surface area contributed by atoms with Crippen LogP contribution in [0, 0.1) is 13.8 Å². The summed E-state index contributed by atoms with van der Waals surface area (Å²) in [6.45, 7) is 9.05. The number of benzene rings is 2. The number of aryl methyl sites for hydroxylation is 2. The maximum Gasteiger partial charge on any atom is 0.573 e. The third-order valence-corrected chi connectivity index (χ3v) is 5.06. The maximum atomic E-state index is 12.8. The Labute approximate surface area is 199 Å². The number of rotatable bonds is 8. The minimum Gasteiger partial charge on any atom is -0.476 e. The van der Waals surface area contributed by atoms with Gasteiger partial charge in [0.1, 0.15) is 17.8 Å². The van der Waals surface area contributed by atoms with Gasteiger partial charge in [-0.15, -0.1) is 13.2 Å². The van der Waals surface area contributed by atoms with Crippen LogP contribution in [0.2, 0.25) is 0 Å². The van der Waals surface area contributed by atoms with E-state index in [0.717, 1.165) is 28.8 Å². The van der Waals surface area contributed by atoms with Crippen molar-refractivity contribution in [3.63, 3.8) is 0 Å². The molecular formula is C24H26F3N3O5. The lowest BCUT2D eigenvalue weighted by molar-refractivity contribution is -0.274. The van der Waals surface area contributed by atoms with Gasteiger partial charge in [-0.2, -0.15) is 5.10 Å². The zero-order valence-electron chi connectivity index (χ0n) is 20.0. The molecule has 0 N–H and O–H groups in total. The Bertz CT molecular complexity index is 1240. The molecule has 0 fully saturated rings. The summed E-state index contributed by atoms with van der Waals surface area (Å²) < 4.78 is 54.4. The molecule has 0 radical (unpaired) electrons. The second-order valence-corrected chi connectivity index (χ2v) is 8.37. The van der Waals surface area contributed by atoms with Gasteiger partial charge in [-0.1, -0.05) is 12.1 Å². The number of nitrogens with zero attached hydrogens (tertiary/aromatic N) is 3. The van der Waals surface area contributed by atoms with Gasteiger partial charge >= 0.3 is 18.0 Å². The van der Waals surface area contributed by atoms with Crippen LogP contribution in [-0.2, 0) is 16.1 Å². The summed E-state index contributed by atoms with van der Waals surface area (Å²) in [5, 5.41) is 4.12. The van der Waals surface area contributed by atoms with Crippen LogP contribution in [0.1, 0.15) is 37.5 Å². The van der Waals surface area contributed by atoms with Gasteiger partial charge in [-0.05, 0) is 75.6 Å². The number of carbonyl (C=O) groups is 1. The zero-order chi connectivity index (χ0) is 26.0. The Kier molecular flexibility index (Phi) is 7.27. The van der Waals surface area contributed by atoms with Crippen LogP contribution in [0.3, 0.4) is 0 Å². The van der Waals surface area contributed by atoms with Crippen LogP contribution in [0.4, 0.5) is 13.2 Å². The second kappa shape index (κ2) is 9.85. The highest BCUT2D eigenvalue weighted by atomic mass is 19.4. The van der Waals surface area contributed by atoms with Gasteiger partial charge < -0.3 is 14.2 Å². The van der Waals surface area contributed by atoms with E-state index in [1.807, 2.05) is 26.0 Å². The minimum atomic E-state index is -4.80. The van der Waals surface area contributed by atoms with Gasteiger partial charge in [0.2, 0.25) is 0 Å². The molecule has 0 spiro atoms. The quantitative estimate of drug-likeness (QED) is 0.435. The van der Waals surface area contributed by atoms with Crippen molar-refractivity contribution in [1.29, 1.82) is 0 Å².